The average Bonchev–Trinajstić information content (AvgIpc) is 2.91. The molecular formula is C22H21Cl2NO4. The first-order chi connectivity index (χ1) is 13.7. The Labute approximate surface area is 179 Å². The number of ether oxygens (including phenoxy) is 2. The number of nitrogens with zero attached hydrogens (tertiary/aromatic N) is 1. The highest BCUT2D eigenvalue weighted by Crippen LogP contribution is 2.35. The van der Waals surface area contributed by atoms with E-state index >= 15 is 0 Å². The quantitative estimate of drug-likeness (QED) is 0.502. The second kappa shape index (κ2) is 8.47. The summed E-state index contributed by atoms with van der Waals surface area (Å²) < 4.78 is 12.2. The Morgan fingerprint density at radius 3 is 2.34 bits per heavy atom. The van der Waals surface area contributed by atoms with Gasteiger partial charge in [-0.05, 0) is 62.7 Å². The van der Waals surface area contributed by atoms with Crippen LogP contribution in [-0.2, 0) is 16.0 Å². The van der Waals surface area contributed by atoms with Crippen LogP contribution in [0.15, 0.2) is 36.4 Å². The number of esters is 1. The number of hydrogen-bond donors (Lipinski definition) is 0. The molecule has 0 aliphatic carbocycles. The number of carbonyl (C=O) groups is 2. The summed E-state index contributed by atoms with van der Waals surface area (Å²) >= 11 is 12.3. The maximum absolute atomic E-state index is 13.3. The van der Waals surface area contributed by atoms with E-state index in [1.54, 1.807) is 61.7 Å². The summed E-state index contributed by atoms with van der Waals surface area (Å²) in [5, 5.41) is 1.63. The van der Waals surface area contributed by atoms with E-state index in [0.717, 1.165) is 0 Å². The molecule has 1 heterocycles. The Kier molecular flexibility index (Phi) is 6.20. The third-order valence-corrected chi connectivity index (χ3v) is 5.14. The van der Waals surface area contributed by atoms with E-state index in [9.17, 15) is 9.59 Å². The molecule has 29 heavy (non-hydrogen) atoms. The lowest BCUT2D eigenvalue weighted by molar-refractivity contribution is -0.146. The average molecular weight is 434 g/mol. The normalized spacial score (nSPS) is 11.1. The van der Waals surface area contributed by atoms with Crippen molar-refractivity contribution in [3.8, 4) is 5.75 Å². The van der Waals surface area contributed by atoms with Crippen LogP contribution >= 0.6 is 23.2 Å². The van der Waals surface area contributed by atoms with Crippen LogP contribution in [0.4, 0.5) is 0 Å². The first kappa shape index (κ1) is 21.2. The molecule has 0 radical (unpaired) electrons. The molecule has 3 aromatic rings. The van der Waals surface area contributed by atoms with Crippen LogP contribution < -0.4 is 4.74 Å². The highest BCUT2D eigenvalue weighted by Gasteiger charge is 2.23. The van der Waals surface area contributed by atoms with Gasteiger partial charge in [-0.25, -0.2) is 0 Å². The summed E-state index contributed by atoms with van der Waals surface area (Å²) in [6.07, 6.45) is -0.192. The molecule has 0 saturated carbocycles. The Morgan fingerprint density at radius 1 is 1.10 bits per heavy atom. The maximum atomic E-state index is 13.3. The molecule has 152 valence electrons. The molecule has 1 aromatic heterocycles. The minimum absolute atomic E-state index is 0.0339. The van der Waals surface area contributed by atoms with Gasteiger partial charge in [0, 0.05) is 21.7 Å². The number of hydrogen-bond acceptors (Lipinski definition) is 4. The molecule has 0 aliphatic rings. The largest absolute Gasteiger partial charge is 0.495 e. The van der Waals surface area contributed by atoms with E-state index in [0.29, 0.717) is 43.5 Å². The lowest BCUT2D eigenvalue weighted by Gasteiger charge is -2.09. The van der Waals surface area contributed by atoms with E-state index in [4.69, 9.17) is 32.7 Å². The van der Waals surface area contributed by atoms with Crippen molar-refractivity contribution in [1.29, 1.82) is 0 Å². The first-order valence-corrected chi connectivity index (χ1v) is 9.85. The molecular weight excluding hydrogens is 413 g/mol. The van der Waals surface area contributed by atoms with Gasteiger partial charge in [0.05, 0.1) is 30.2 Å². The van der Waals surface area contributed by atoms with Crippen LogP contribution in [0.25, 0.3) is 10.9 Å². The molecule has 0 fully saturated rings. The molecule has 0 saturated heterocycles. The zero-order chi connectivity index (χ0) is 21.3. The number of carbonyl (C=O) groups excluding carboxylic acids is 2. The zero-order valence-electron chi connectivity index (χ0n) is 16.6. The van der Waals surface area contributed by atoms with Crippen LogP contribution in [-0.4, -0.2) is 29.7 Å². The predicted octanol–water partition coefficient (Wildman–Crippen LogP) is 5.45. The van der Waals surface area contributed by atoms with E-state index in [2.05, 4.69) is 0 Å². The summed E-state index contributed by atoms with van der Waals surface area (Å²) in [5.41, 5.74) is 2.41. The highest BCUT2D eigenvalue weighted by molar-refractivity contribution is 6.33. The van der Waals surface area contributed by atoms with Crippen LogP contribution in [0.3, 0.4) is 0 Å². The van der Waals surface area contributed by atoms with Gasteiger partial charge < -0.3 is 9.47 Å². The molecule has 0 bridgehead atoms. The smallest absolute Gasteiger partial charge is 0.310 e. The van der Waals surface area contributed by atoms with E-state index in [1.165, 1.54) is 7.11 Å². The van der Waals surface area contributed by atoms with Crippen LogP contribution in [0, 0.1) is 6.92 Å². The summed E-state index contributed by atoms with van der Waals surface area (Å²) in [6, 6.07) is 10.1. The van der Waals surface area contributed by atoms with Gasteiger partial charge in [-0.3, -0.25) is 14.2 Å². The van der Waals surface area contributed by atoms with Crippen LogP contribution in [0.1, 0.15) is 35.5 Å². The molecule has 0 aliphatic heterocycles. The predicted molar refractivity (Wildman–Crippen MR) is 114 cm³/mol. The lowest BCUT2D eigenvalue weighted by Crippen LogP contribution is -2.16. The minimum Gasteiger partial charge on any atom is -0.495 e. The van der Waals surface area contributed by atoms with Gasteiger partial charge in [-0.2, -0.15) is 0 Å². The zero-order valence-corrected chi connectivity index (χ0v) is 18.1. The van der Waals surface area contributed by atoms with Crippen LogP contribution in [0.2, 0.25) is 10.0 Å². The third-order valence-electron chi connectivity index (χ3n) is 4.59. The standard InChI is InChI=1S/C22H21Cl2NO4/c1-12(2)29-21(26)10-16-13(3)25(22(27)14-5-7-15(23)8-6-14)19-11-18(24)20(28-4)9-17(16)19/h5-9,11-12H,10H2,1-4H3. The molecule has 0 N–H and O–H groups in total. The highest BCUT2D eigenvalue weighted by atomic mass is 35.5. The molecule has 0 amide bonds. The first-order valence-electron chi connectivity index (χ1n) is 9.10. The number of benzene rings is 2. The molecule has 0 spiro atoms. The number of methoxy groups -OCH3 is 1. The lowest BCUT2D eigenvalue weighted by atomic mass is 10.1. The summed E-state index contributed by atoms with van der Waals surface area (Å²) in [6.45, 7) is 5.38. The molecule has 5 nitrogen and oxygen atoms in total. The topological polar surface area (TPSA) is 57.5 Å². The number of rotatable bonds is 5. The van der Waals surface area contributed by atoms with Crippen molar-refractivity contribution in [2.75, 3.05) is 7.11 Å². The van der Waals surface area contributed by atoms with Crippen molar-refractivity contribution >= 4 is 46.0 Å². The summed E-state index contributed by atoms with van der Waals surface area (Å²) in [5.74, 6) is -0.141. The van der Waals surface area contributed by atoms with E-state index in [1.807, 2.05) is 0 Å². The third kappa shape index (κ3) is 4.26. The Balaban J connectivity index is 2.20. The maximum Gasteiger partial charge on any atom is 0.310 e. The molecule has 2 aromatic carbocycles. The number of halogens is 2. The Bertz CT molecular complexity index is 1080. The van der Waals surface area contributed by atoms with Gasteiger partial charge in [0.2, 0.25) is 0 Å². The van der Waals surface area contributed by atoms with E-state index in [-0.39, 0.29) is 24.4 Å². The van der Waals surface area contributed by atoms with Crippen molar-refractivity contribution in [2.24, 2.45) is 0 Å². The molecule has 7 heteroatoms. The van der Waals surface area contributed by atoms with Gasteiger partial charge >= 0.3 is 5.97 Å². The van der Waals surface area contributed by atoms with Crippen molar-refractivity contribution < 1.29 is 19.1 Å². The summed E-state index contributed by atoms with van der Waals surface area (Å²) in [4.78, 5) is 25.6. The fourth-order valence-electron chi connectivity index (χ4n) is 3.29. The van der Waals surface area contributed by atoms with Crippen molar-refractivity contribution in [3.05, 3.63) is 63.3 Å². The second-order valence-corrected chi connectivity index (χ2v) is 7.77. The SMILES string of the molecule is COc1cc2c(CC(=O)OC(C)C)c(C)n(C(=O)c3ccc(Cl)cc3)c2cc1Cl. The van der Waals surface area contributed by atoms with Gasteiger partial charge in [0.1, 0.15) is 5.75 Å². The fourth-order valence-corrected chi connectivity index (χ4v) is 3.65. The fraction of sp³-hybridized carbons (Fsp3) is 0.273. The van der Waals surface area contributed by atoms with Crippen molar-refractivity contribution in [3.63, 3.8) is 0 Å². The van der Waals surface area contributed by atoms with Crippen LogP contribution in [0.5, 0.6) is 5.75 Å². The van der Waals surface area contributed by atoms with Gasteiger partial charge in [-0.15, -0.1) is 0 Å². The minimum atomic E-state index is -0.366. The Morgan fingerprint density at radius 2 is 1.76 bits per heavy atom. The summed E-state index contributed by atoms with van der Waals surface area (Å²) in [7, 11) is 1.52. The van der Waals surface area contributed by atoms with Gasteiger partial charge in [-0.1, -0.05) is 23.2 Å². The van der Waals surface area contributed by atoms with Gasteiger partial charge in [0.15, 0.2) is 0 Å². The number of fused-ring (bicyclic) bond motifs is 1. The van der Waals surface area contributed by atoms with E-state index < -0.39 is 0 Å². The Hall–Kier alpha value is -2.50. The molecule has 0 atom stereocenters. The monoisotopic (exact) mass is 433 g/mol. The van der Waals surface area contributed by atoms with Gasteiger partial charge in [0.25, 0.3) is 5.91 Å². The number of aromatic nitrogens is 1. The molecule has 0 unspecified atom stereocenters. The molecule has 3 rings (SSSR count). The van der Waals surface area contributed by atoms with Crippen molar-refractivity contribution in [1.82, 2.24) is 4.57 Å². The van der Waals surface area contributed by atoms with Crippen molar-refractivity contribution in [2.45, 2.75) is 33.3 Å². The second-order valence-electron chi connectivity index (χ2n) is 6.93.